The van der Waals surface area contributed by atoms with Gasteiger partial charge in [0.05, 0.1) is 6.61 Å². The van der Waals surface area contributed by atoms with E-state index in [9.17, 15) is 9.50 Å². The van der Waals surface area contributed by atoms with Crippen LogP contribution in [0.15, 0.2) is 18.3 Å². The van der Waals surface area contributed by atoms with E-state index in [-0.39, 0.29) is 12.3 Å². The Hall–Kier alpha value is -1.00. The van der Waals surface area contributed by atoms with Gasteiger partial charge in [-0.1, -0.05) is 0 Å². The molecule has 0 bridgehead atoms. The second-order valence-corrected chi connectivity index (χ2v) is 2.55. The first-order chi connectivity index (χ1) is 6.25. The molecule has 1 aromatic heterocycles. The Balaban J connectivity index is 2.65. The third-order valence-electron chi connectivity index (χ3n) is 1.58. The smallest absolute Gasteiger partial charge is 0.147 e. The molecule has 1 aromatic rings. The average molecular weight is 185 g/mol. The van der Waals surface area contributed by atoms with Gasteiger partial charge in [0, 0.05) is 12.8 Å². The van der Waals surface area contributed by atoms with E-state index < -0.39 is 11.9 Å². The molecule has 0 amide bonds. The zero-order valence-corrected chi connectivity index (χ0v) is 7.40. The van der Waals surface area contributed by atoms with Crippen molar-refractivity contribution in [1.82, 2.24) is 4.98 Å². The second kappa shape index (κ2) is 4.89. The summed E-state index contributed by atoms with van der Waals surface area (Å²) in [6.07, 6.45) is 0.453. The first-order valence-electron chi connectivity index (χ1n) is 4.12. The van der Waals surface area contributed by atoms with Crippen LogP contribution in [0, 0.1) is 5.82 Å². The molecule has 4 heteroatoms. The van der Waals surface area contributed by atoms with Gasteiger partial charge in [-0.15, -0.1) is 0 Å². The molecular weight excluding hydrogens is 173 g/mol. The fourth-order valence-corrected chi connectivity index (χ4v) is 0.952. The number of aromatic nitrogens is 1. The number of nitrogens with zero attached hydrogens (tertiary/aromatic N) is 1. The largest absolute Gasteiger partial charge is 0.384 e. The standard InChI is InChI=1S/C9H12FNO2/c1-2-13-6-8(12)9-7(10)4-3-5-11-9/h3-5,8,12H,2,6H2,1H3. The molecular formula is C9H12FNO2. The van der Waals surface area contributed by atoms with Crippen LogP contribution in [0.1, 0.15) is 18.7 Å². The molecule has 0 aliphatic rings. The molecule has 13 heavy (non-hydrogen) atoms. The molecule has 0 spiro atoms. The highest BCUT2D eigenvalue weighted by Crippen LogP contribution is 2.13. The van der Waals surface area contributed by atoms with Gasteiger partial charge in [-0.2, -0.15) is 0 Å². The van der Waals surface area contributed by atoms with Crippen molar-refractivity contribution < 1.29 is 14.2 Å². The zero-order chi connectivity index (χ0) is 9.68. The lowest BCUT2D eigenvalue weighted by molar-refractivity contribution is 0.0377. The SMILES string of the molecule is CCOCC(O)c1ncccc1F. The van der Waals surface area contributed by atoms with Crippen LogP contribution in [0.2, 0.25) is 0 Å². The molecule has 1 unspecified atom stereocenters. The normalized spacial score (nSPS) is 12.8. The van der Waals surface area contributed by atoms with E-state index in [1.165, 1.54) is 18.3 Å². The summed E-state index contributed by atoms with van der Waals surface area (Å²) in [4.78, 5) is 3.73. The van der Waals surface area contributed by atoms with E-state index in [2.05, 4.69) is 4.98 Å². The van der Waals surface area contributed by atoms with Crippen LogP contribution in [0.4, 0.5) is 4.39 Å². The van der Waals surface area contributed by atoms with E-state index in [1.807, 2.05) is 6.92 Å². The van der Waals surface area contributed by atoms with Crippen molar-refractivity contribution in [1.29, 1.82) is 0 Å². The summed E-state index contributed by atoms with van der Waals surface area (Å²) in [5.41, 5.74) is 0.0379. The minimum Gasteiger partial charge on any atom is -0.384 e. The Bertz CT molecular complexity index is 268. The molecule has 0 radical (unpaired) electrons. The monoisotopic (exact) mass is 185 g/mol. The predicted octanol–water partition coefficient (Wildman–Crippen LogP) is 1.29. The summed E-state index contributed by atoms with van der Waals surface area (Å²) in [5, 5.41) is 9.40. The molecule has 0 saturated carbocycles. The number of halogens is 1. The van der Waals surface area contributed by atoms with Crippen molar-refractivity contribution in [3.8, 4) is 0 Å². The van der Waals surface area contributed by atoms with E-state index in [4.69, 9.17) is 4.74 Å². The van der Waals surface area contributed by atoms with E-state index in [0.29, 0.717) is 6.61 Å². The van der Waals surface area contributed by atoms with E-state index >= 15 is 0 Å². The maximum Gasteiger partial charge on any atom is 0.147 e. The topological polar surface area (TPSA) is 42.4 Å². The Labute approximate surface area is 76.2 Å². The van der Waals surface area contributed by atoms with Gasteiger partial charge < -0.3 is 9.84 Å². The van der Waals surface area contributed by atoms with Crippen molar-refractivity contribution in [3.05, 3.63) is 29.8 Å². The average Bonchev–Trinajstić information content (AvgIpc) is 2.15. The van der Waals surface area contributed by atoms with Crippen LogP contribution < -0.4 is 0 Å². The molecule has 0 aromatic carbocycles. The molecule has 0 fully saturated rings. The third kappa shape index (κ3) is 2.75. The molecule has 0 aliphatic heterocycles. The van der Waals surface area contributed by atoms with Crippen molar-refractivity contribution in [2.24, 2.45) is 0 Å². The van der Waals surface area contributed by atoms with Gasteiger partial charge in [-0.25, -0.2) is 4.39 Å². The lowest BCUT2D eigenvalue weighted by atomic mass is 10.2. The van der Waals surface area contributed by atoms with E-state index in [1.54, 1.807) is 0 Å². The van der Waals surface area contributed by atoms with Crippen LogP contribution in [0.25, 0.3) is 0 Å². The predicted molar refractivity (Wildman–Crippen MR) is 45.6 cm³/mol. The minimum absolute atomic E-state index is 0.0379. The summed E-state index contributed by atoms with van der Waals surface area (Å²) >= 11 is 0. The highest BCUT2D eigenvalue weighted by Gasteiger charge is 2.13. The zero-order valence-electron chi connectivity index (χ0n) is 7.40. The molecule has 1 N–H and O–H groups in total. The highest BCUT2D eigenvalue weighted by molar-refractivity contribution is 5.09. The highest BCUT2D eigenvalue weighted by atomic mass is 19.1. The number of hydrogen-bond acceptors (Lipinski definition) is 3. The van der Waals surface area contributed by atoms with Crippen molar-refractivity contribution in [2.45, 2.75) is 13.0 Å². The van der Waals surface area contributed by atoms with Gasteiger partial charge in [0.15, 0.2) is 0 Å². The first-order valence-corrected chi connectivity index (χ1v) is 4.12. The first kappa shape index (κ1) is 10.1. The number of rotatable bonds is 4. The number of pyridine rings is 1. The molecule has 1 atom stereocenters. The Morgan fingerprint density at radius 3 is 3.08 bits per heavy atom. The number of hydrogen-bond donors (Lipinski definition) is 1. The lowest BCUT2D eigenvalue weighted by Gasteiger charge is -2.09. The maximum atomic E-state index is 13.0. The van der Waals surface area contributed by atoms with Gasteiger partial charge >= 0.3 is 0 Å². The van der Waals surface area contributed by atoms with Gasteiger partial charge in [-0.3, -0.25) is 4.98 Å². The lowest BCUT2D eigenvalue weighted by Crippen LogP contribution is -2.10. The van der Waals surface area contributed by atoms with Gasteiger partial charge in [-0.05, 0) is 19.1 Å². The molecule has 1 rings (SSSR count). The van der Waals surface area contributed by atoms with Crippen LogP contribution >= 0.6 is 0 Å². The molecule has 0 aliphatic carbocycles. The molecule has 3 nitrogen and oxygen atoms in total. The van der Waals surface area contributed by atoms with Crippen LogP contribution in [0.5, 0.6) is 0 Å². The third-order valence-corrected chi connectivity index (χ3v) is 1.58. The fourth-order valence-electron chi connectivity index (χ4n) is 0.952. The van der Waals surface area contributed by atoms with E-state index in [0.717, 1.165) is 0 Å². The van der Waals surface area contributed by atoms with Crippen LogP contribution in [-0.4, -0.2) is 23.3 Å². The number of ether oxygens (including phenoxy) is 1. The van der Waals surface area contributed by atoms with Crippen molar-refractivity contribution >= 4 is 0 Å². The second-order valence-electron chi connectivity index (χ2n) is 2.55. The Kier molecular flexibility index (Phi) is 3.79. The fraction of sp³-hybridized carbons (Fsp3) is 0.444. The van der Waals surface area contributed by atoms with Gasteiger partial charge in [0.25, 0.3) is 0 Å². The number of aliphatic hydroxyl groups excluding tert-OH is 1. The molecule has 72 valence electrons. The Morgan fingerprint density at radius 1 is 1.69 bits per heavy atom. The van der Waals surface area contributed by atoms with Crippen molar-refractivity contribution in [2.75, 3.05) is 13.2 Å². The summed E-state index contributed by atoms with van der Waals surface area (Å²) < 4.78 is 17.9. The molecule has 0 saturated heterocycles. The summed E-state index contributed by atoms with van der Waals surface area (Å²) in [6, 6.07) is 2.74. The summed E-state index contributed by atoms with van der Waals surface area (Å²) in [6.45, 7) is 2.37. The summed E-state index contributed by atoms with van der Waals surface area (Å²) in [7, 11) is 0. The number of aliphatic hydroxyl groups is 1. The van der Waals surface area contributed by atoms with Gasteiger partial charge in [0.2, 0.25) is 0 Å². The van der Waals surface area contributed by atoms with Gasteiger partial charge in [0.1, 0.15) is 17.6 Å². The van der Waals surface area contributed by atoms with Crippen LogP contribution in [-0.2, 0) is 4.74 Å². The quantitative estimate of drug-likeness (QED) is 0.768. The maximum absolute atomic E-state index is 13.0. The molecule has 1 heterocycles. The van der Waals surface area contributed by atoms with Crippen molar-refractivity contribution in [3.63, 3.8) is 0 Å². The Morgan fingerprint density at radius 2 is 2.46 bits per heavy atom. The summed E-state index contributed by atoms with van der Waals surface area (Å²) in [5.74, 6) is -0.505. The van der Waals surface area contributed by atoms with Crippen LogP contribution in [0.3, 0.4) is 0 Å². The minimum atomic E-state index is -0.985.